The first-order valence-corrected chi connectivity index (χ1v) is 5.66. The second-order valence-electron chi connectivity index (χ2n) is 3.78. The van der Waals surface area contributed by atoms with Gasteiger partial charge in [-0.15, -0.1) is 11.3 Å². The van der Waals surface area contributed by atoms with Crippen molar-refractivity contribution in [2.24, 2.45) is 5.92 Å². The Kier molecular flexibility index (Phi) is 4.04. The molecule has 1 aromatic rings. The summed E-state index contributed by atoms with van der Waals surface area (Å²) < 4.78 is 0. The predicted molar refractivity (Wildman–Crippen MR) is 59.4 cm³/mol. The molecule has 0 bridgehead atoms. The second-order valence-corrected chi connectivity index (χ2v) is 4.90. The number of nitrogens with zero attached hydrogens (tertiary/aromatic N) is 1. The van der Waals surface area contributed by atoms with Gasteiger partial charge in [0, 0.05) is 11.4 Å². The molecule has 80 valence electrons. The Labute approximate surface area is 89.2 Å². The number of thiazole rings is 1. The van der Waals surface area contributed by atoms with Crippen molar-refractivity contribution in [2.75, 3.05) is 7.05 Å². The molecule has 0 radical (unpaired) electrons. The first-order chi connectivity index (χ1) is 6.56. The van der Waals surface area contributed by atoms with Gasteiger partial charge in [0.25, 0.3) is 0 Å². The van der Waals surface area contributed by atoms with Crippen molar-refractivity contribution < 1.29 is 5.11 Å². The van der Waals surface area contributed by atoms with Crippen LogP contribution >= 0.6 is 11.3 Å². The van der Waals surface area contributed by atoms with Crippen LogP contribution in [0.25, 0.3) is 0 Å². The van der Waals surface area contributed by atoms with Crippen molar-refractivity contribution in [2.45, 2.75) is 33.4 Å². The lowest BCUT2D eigenvalue weighted by Gasteiger charge is -2.10. The normalized spacial score (nSPS) is 13.6. The third-order valence-corrected chi connectivity index (χ3v) is 3.36. The quantitative estimate of drug-likeness (QED) is 0.804. The lowest BCUT2D eigenvalue weighted by atomic mass is 10.1. The number of hydrogen-bond donors (Lipinski definition) is 2. The minimum absolute atomic E-state index is 0.225. The Morgan fingerprint density at radius 2 is 2.14 bits per heavy atom. The van der Waals surface area contributed by atoms with E-state index in [0.717, 1.165) is 17.2 Å². The van der Waals surface area contributed by atoms with Crippen molar-refractivity contribution in [1.29, 1.82) is 0 Å². The van der Waals surface area contributed by atoms with Gasteiger partial charge in [0.05, 0.1) is 5.69 Å². The highest BCUT2D eigenvalue weighted by atomic mass is 32.1. The lowest BCUT2D eigenvalue weighted by Crippen LogP contribution is -2.04. The lowest BCUT2D eigenvalue weighted by molar-refractivity contribution is 0.126. The van der Waals surface area contributed by atoms with Gasteiger partial charge in [-0.1, -0.05) is 13.8 Å². The molecule has 0 saturated carbocycles. The Bertz CT molecular complexity index is 296. The van der Waals surface area contributed by atoms with E-state index in [0.29, 0.717) is 0 Å². The van der Waals surface area contributed by atoms with E-state index in [4.69, 9.17) is 0 Å². The highest BCUT2D eigenvalue weighted by Gasteiger charge is 2.17. The SMILES string of the molecule is CNCc1sc(C(O)C(C)C)nc1C. The third kappa shape index (κ3) is 2.53. The molecular weight excluding hydrogens is 196 g/mol. The van der Waals surface area contributed by atoms with E-state index in [-0.39, 0.29) is 5.92 Å². The molecule has 4 heteroatoms. The molecule has 1 heterocycles. The minimum Gasteiger partial charge on any atom is -0.386 e. The number of rotatable bonds is 4. The van der Waals surface area contributed by atoms with Crippen molar-refractivity contribution in [3.05, 3.63) is 15.6 Å². The molecule has 0 aromatic carbocycles. The van der Waals surface area contributed by atoms with Gasteiger partial charge in [0.1, 0.15) is 11.1 Å². The van der Waals surface area contributed by atoms with E-state index >= 15 is 0 Å². The summed E-state index contributed by atoms with van der Waals surface area (Å²) in [5, 5.41) is 13.8. The van der Waals surface area contributed by atoms with Crippen LogP contribution in [-0.2, 0) is 6.54 Å². The number of aliphatic hydroxyl groups excluding tert-OH is 1. The molecule has 0 aliphatic heterocycles. The Balaban J connectivity index is 2.84. The minimum atomic E-state index is -0.427. The summed E-state index contributed by atoms with van der Waals surface area (Å²) in [6.45, 7) is 6.81. The van der Waals surface area contributed by atoms with Gasteiger partial charge in [-0.25, -0.2) is 4.98 Å². The van der Waals surface area contributed by atoms with Crippen molar-refractivity contribution >= 4 is 11.3 Å². The topological polar surface area (TPSA) is 45.1 Å². The van der Waals surface area contributed by atoms with Gasteiger partial charge >= 0.3 is 0 Å². The highest BCUT2D eigenvalue weighted by Crippen LogP contribution is 2.27. The van der Waals surface area contributed by atoms with Gasteiger partial charge < -0.3 is 10.4 Å². The van der Waals surface area contributed by atoms with Crippen molar-refractivity contribution in [3.63, 3.8) is 0 Å². The molecule has 3 nitrogen and oxygen atoms in total. The van der Waals surface area contributed by atoms with Crippen LogP contribution in [0.3, 0.4) is 0 Å². The predicted octanol–water partition coefficient (Wildman–Crippen LogP) is 1.86. The molecule has 2 N–H and O–H groups in total. The molecule has 1 unspecified atom stereocenters. The zero-order valence-electron chi connectivity index (χ0n) is 9.16. The van der Waals surface area contributed by atoms with Crippen LogP contribution in [-0.4, -0.2) is 17.1 Å². The van der Waals surface area contributed by atoms with Crippen LogP contribution in [0, 0.1) is 12.8 Å². The van der Waals surface area contributed by atoms with Crippen LogP contribution in [0.4, 0.5) is 0 Å². The Hall–Kier alpha value is -0.450. The van der Waals surface area contributed by atoms with E-state index in [2.05, 4.69) is 10.3 Å². The van der Waals surface area contributed by atoms with Crippen LogP contribution in [0.5, 0.6) is 0 Å². The fourth-order valence-corrected chi connectivity index (χ4v) is 2.42. The Morgan fingerprint density at radius 1 is 1.50 bits per heavy atom. The summed E-state index contributed by atoms with van der Waals surface area (Å²) in [6, 6.07) is 0. The summed E-state index contributed by atoms with van der Waals surface area (Å²) in [7, 11) is 1.91. The van der Waals surface area contributed by atoms with E-state index < -0.39 is 6.10 Å². The first-order valence-electron chi connectivity index (χ1n) is 4.85. The van der Waals surface area contributed by atoms with E-state index in [1.165, 1.54) is 4.88 Å². The summed E-state index contributed by atoms with van der Waals surface area (Å²) in [5.41, 5.74) is 1.03. The summed E-state index contributed by atoms with van der Waals surface area (Å²) in [4.78, 5) is 5.59. The molecular formula is C10H18N2OS. The monoisotopic (exact) mass is 214 g/mol. The number of hydrogen-bond acceptors (Lipinski definition) is 4. The zero-order chi connectivity index (χ0) is 10.7. The second kappa shape index (κ2) is 4.87. The van der Waals surface area contributed by atoms with Gasteiger partial charge in [0.2, 0.25) is 0 Å². The van der Waals surface area contributed by atoms with Crippen LogP contribution in [0.1, 0.15) is 35.5 Å². The molecule has 0 amide bonds. The maximum atomic E-state index is 9.83. The summed E-state index contributed by atoms with van der Waals surface area (Å²) in [6.07, 6.45) is -0.427. The third-order valence-electron chi connectivity index (χ3n) is 2.13. The molecule has 14 heavy (non-hydrogen) atoms. The van der Waals surface area contributed by atoms with E-state index in [1.807, 2.05) is 27.8 Å². The summed E-state index contributed by atoms with van der Waals surface area (Å²) >= 11 is 1.60. The van der Waals surface area contributed by atoms with Crippen LogP contribution in [0.2, 0.25) is 0 Å². The average Bonchev–Trinajstić information content (AvgIpc) is 2.47. The van der Waals surface area contributed by atoms with E-state index in [9.17, 15) is 5.11 Å². The molecule has 0 aliphatic rings. The molecule has 1 atom stereocenters. The molecule has 0 aliphatic carbocycles. The maximum Gasteiger partial charge on any atom is 0.122 e. The number of nitrogens with one attached hydrogen (secondary N) is 1. The molecule has 1 aromatic heterocycles. The maximum absolute atomic E-state index is 9.83. The molecule has 0 saturated heterocycles. The van der Waals surface area contributed by atoms with Crippen molar-refractivity contribution in [1.82, 2.24) is 10.3 Å². The largest absolute Gasteiger partial charge is 0.386 e. The van der Waals surface area contributed by atoms with Gasteiger partial charge in [0.15, 0.2) is 0 Å². The van der Waals surface area contributed by atoms with Crippen molar-refractivity contribution in [3.8, 4) is 0 Å². The molecule has 1 rings (SSSR count). The van der Waals surface area contributed by atoms with Gasteiger partial charge in [-0.2, -0.15) is 0 Å². The van der Waals surface area contributed by atoms with E-state index in [1.54, 1.807) is 11.3 Å². The highest BCUT2D eigenvalue weighted by molar-refractivity contribution is 7.11. The van der Waals surface area contributed by atoms with Crippen LogP contribution < -0.4 is 5.32 Å². The molecule has 0 spiro atoms. The van der Waals surface area contributed by atoms with Gasteiger partial charge in [-0.05, 0) is 19.9 Å². The number of aryl methyl sites for hydroxylation is 1. The number of aliphatic hydroxyl groups is 1. The smallest absolute Gasteiger partial charge is 0.122 e. The summed E-state index contributed by atoms with van der Waals surface area (Å²) in [5.74, 6) is 0.225. The standard InChI is InChI=1S/C10H18N2OS/c1-6(2)9(13)10-12-7(3)8(14-10)5-11-4/h6,9,11,13H,5H2,1-4H3. The number of aromatic nitrogens is 1. The fraction of sp³-hybridized carbons (Fsp3) is 0.700. The van der Waals surface area contributed by atoms with Gasteiger partial charge in [-0.3, -0.25) is 0 Å². The fourth-order valence-electron chi connectivity index (χ4n) is 1.19. The molecule has 0 fully saturated rings. The average molecular weight is 214 g/mol. The first kappa shape index (κ1) is 11.6. The van der Waals surface area contributed by atoms with Crippen LogP contribution in [0.15, 0.2) is 0 Å². The zero-order valence-corrected chi connectivity index (χ0v) is 9.98. The Morgan fingerprint density at radius 3 is 2.64 bits per heavy atom.